The first-order valence-electron chi connectivity index (χ1n) is 9.11. The second kappa shape index (κ2) is 9.86. The first-order valence-corrected chi connectivity index (χ1v) is 9.11. The quantitative estimate of drug-likeness (QED) is 0.387. The summed E-state index contributed by atoms with van der Waals surface area (Å²) >= 11 is 0. The summed E-state index contributed by atoms with van der Waals surface area (Å²) < 4.78 is 13.8. The van der Waals surface area contributed by atoms with Crippen LogP contribution in [-0.4, -0.2) is 32.0 Å². The first kappa shape index (κ1) is 22.1. The zero-order chi connectivity index (χ0) is 19.4. The van der Waals surface area contributed by atoms with Crippen molar-refractivity contribution in [1.29, 1.82) is 0 Å². The van der Waals surface area contributed by atoms with E-state index in [2.05, 4.69) is 21.7 Å². The number of anilines is 1. The van der Waals surface area contributed by atoms with Crippen molar-refractivity contribution in [1.82, 2.24) is 10.6 Å². The van der Waals surface area contributed by atoms with Gasteiger partial charge in [0.2, 0.25) is 5.91 Å². The number of para-hydroxylation sites is 1. The number of benzene rings is 2. The predicted molar refractivity (Wildman–Crippen MR) is 122 cm³/mol. The Kier molecular flexibility index (Phi) is 7.79. The van der Waals surface area contributed by atoms with Crippen LogP contribution >= 0.6 is 24.0 Å². The van der Waals surface area contributed by atoms with E-state index in [0.29, 0.717) is 18.1 Å². The molecule has 1 aliphatic heterocycles. The SMILES string of the molecule is CN=C(NCC(=O)N1CCc2ccccc21)NC(C)c1ccc(C)c(F)c1.I. The number of nitrogens with one attached hydrogen (secondary N) is 2. The van der Waals surface area contributed by atoms with Gasteiger partial charge in [0.1, 0.15) is 5.82 Å². The van der Waals surface area contributed by atoms with Crippen molar-refractivity contribution in [2.45, 2.75) is 26.3 Å². The molecule has 0 saturated heterocycles. The number of aliphatic imine (C=N–C) groups is 1. The molecule has 28 heavy (non-hydrogen) atoms. The van der Waals surface area contributed by atoms with E-state index in [4.69, 9.17) is 0 Å². The Morgan fingerprint density at radius 1 is 1.29 bits per heavy atom. The van der Waals surface area contributed by atoms with Gasteiger partial charge in [-0.2, -0.15) is 0 Å². The Morgan fingerprint density at radius 3 is 2.75 bits per heavy atom. The van der Waals surface area contributed by atoms with E-state index in [0.717, 1.165) is 17.7 Å². The van der Waals surface area contributed by atoms with Crippen molar-refractivity contribution >= 4 is 41.5 Å². The number of carbonyl (C=O) groups excluding carboxylic acids is 1. The fourth-order valence-electron chi connectivity index (χ4n) is 3.21. The van der Waals surface area contributed by atoms with E-state index >= 15 is 0 Å². The summed E-state index contributed by atoms with van der Waals surface area (Å²) in [4.78, 5) is 18.6. The Morgan fingerprint density at radius 2 is 2.04 bits per heavy atom. The molecule has 1 atom stereocenters. The third-order valence-electron chi connectivity index (χ3n) is 4.87. The molecule has 3 rings (SSSR count). The molecule has 0 spiro atoms. The minimum Gasteiger partial charge on any atom is -0.350 e. The van der Waals surface area contributed by atoms with Gasteiger partial charge in [0.25, 0.3) is 0 Å². The van der Waals surface area contributed by atoms with Gasteiger partial charge in [-0.05, 0) is 49.1 Å². The third kappa shape index (κ3) is 5.01. The van der Waals surface area contributed by atoms with E-state index in [9.17, 15) is 9.18 Å². The molecule has 1 aliphatic rings. The van der Waals surface area contributed by atoms with Gasteiger partial charge in [0, 0.05) is 19.3 Å². The largest absolute Gasteiger partial charge is 0.350 e. The highest BCUT2D eigenvalue weighted by Gasteiger charge is 2.24. The topological polar surface area (TPSA) is 56.7 Å². The van der Waals surface area contributed by atoms with Gasteiger partial charge in [0.15, 0.2) is 5.96 Å². The van der Waals surface area contributed by atoms with Gasteiger partial charge in [-0.3, -0.25) is 9.79 Å². The minimum absolute atomic E-state index is 0. The standard InChI is InChI=1S/C21H25FN4O.HI/c1-14-8-9-17(12-18(14)22)15(2)25-21(23-3)24-13-20(27)26-11-10-16-6-4-5-7-19(16)26;/h4-9,12,15H,10-11,13H2,1-3H3,(H2,23,24,25);1H. The number of fused-ring (bicyclic) bond motifs is 1. The van der Waals surface area contributed by atoms with Gasteiger partial charge in [0.05, 0.1) is 12.6 Å². The number of halogens is 2. The van der Waals surface area contributed by atoms with Crippen LogP contribution in [0.4, 0.5) is 10.1 Å². The first-order chi connectivity index (χ1) is 13.0. The van der Waals surface area contributed by atoms with Crippen LogP contribution in [0.25, 0.3) is 0 Å². The zero-order valence-electron chi connectivity index (χ0n) is 16.3. The van der Waals surface area contributed by atoms with E-state index in [-0.39, 0.29) is 48.3 Å². The fraction of sp³-hybridized carbons (Fsp3) is 0.333. The number of nitrogens with zero attached hydrogens (tertiary/aromatic N) is 2. The lowest BCUT2D eigenvalue weighted by atomic mass is 10.1. The fourth-order valence-corrected chi connectivity index (χ4v) is 3.21. The number of carbonyl (C=O) groups is 1. The molecule has 5 nitrogen and oxygen atoms in total. The number of amides is 1. The second-order valence-corrected chi connectivity index (χ2v) is 6.72. The molecule has 2 N–H and O–H groups in total. The van der Waals surface area contributed by atoms with Gasteiger partial charge in [-0.25, -0.2) is 4.39 Å². The smallest absolute Gasteiger partial charge is 0.246 e. The molecule has 0 aromatic heterocycles. The predicted octanol–water partition coefficient (Wildman–Crippen LogP) is 3.57. The van der Waals surface area contributed by atoms with Crippen molar-refractivity contribution in [2.24, 2.45) is 4.99 Å². The van der Waals surface area contributed by atoms with Crippen LogP contribution in [0, 0.1) is 12.7 Å². The van der Waals surface area contributed by atoms with Gasteiger partial charge in [-0.15, -0.1) is 24.0 Å². The van der Waals surface area contributed by atoms with E-state index in [1.807, 2.05) is 31.2 Å². The van der Waals surface area contributed by atoms with E-state index in [1.165, 1.54) is 11.6 Å². The van der Waals surface area contributed by atoms with Crippen LogP contribution in [0.5, 0.6) is 0 Å². The molecule has 2 aromatic carbocycles. The molecule has 0 fully saturated rings. The summed E-state index contributed by atoms with van der Waals surface area (Å²) in [5.41, 5.74) is 3.62. The van der Waals surface area contributed by atoms with Crippen molar-refractivity contribution in [2.75, 3.05) is 25.0 Å². The summed E-state index contributed by atoms with van der Waals surface area (Å²) in [7, 11) is 1.65. The monoisotopic (exact) mass is 496 g/mol. The average Bonchev–Trinajstić information content (AvgIpc) is 3.11. The highest BCUT2D eigenvalue weighted by atomic mass is 127. The molecule has 0 saturated carbocycles. The number of guanidine groups is 1. The van der Waals surface area contributed by atoms with Crippen LogP contribution < -0.4 is 15.5 Å². The van der Waals surface area contributed by atoms with Crippen molar-refractivity contribution in [3.8, 4) is 0 Å². The molecule has 2 aromatic rings. The Labute approximate surface area is 182 Å². The second-order valence-electron chi connectivity index (χ2n) is 6.72. The molecule has 1 heterocycles. The van der Waals surface area contributed by atoms with Crippen molar-refractivity contribution in [3.05, 3.63) is 65.0 Å². The molecular weight excluding hydrogens is 470 g/mol. The Hall–Kier alpha value is -2.16. The summed E-state index contributed by atoms with van der Waals surface area (Å²) in [5.74, 6) is 0.272. The molecule has 0 radical (unpaired) electrons. The van der Waals surface area contributed by atoms with Crippen LogP contribution in [0.2, 0.25) is 0 Å². The molecule has 0 aliphatic carbocycles. The maximum absolute atomic E-state index is 13.8. The normalized spacial score (nSPS) is 14.1. The van der Waals surface area contributed by atoms with Gasteiger partial charge >= 0.3 is 0 Å². The summed E-state index contributed by atoms with van der Waals surface area (Å²) in [5, 5.41) is 6.25. The zero-order valence-corrected chi connectivity index (χ0v) is 18.7. The van der Waals surface area contributed by atoms with Crippen LogP contribution in [0.15, 0.2) is 47.5 Å². The summed E-state index contributed by atoms with van der Waals surface area (Å²) in [6.07, 6.45) is 0.880. The highest BCUT2D eigenvalue weighted by molar-refractivity contribution is 14.0. The number of hydrogen-bond donors (Lipinski definition) is 2. The lowest BCUT2D eigenvalue weighted by molar-refractivity contribution is -0.117. The molecule has 7 heteroatoms. The lowest BCUT2D eigenvalue weighted by Gasteiger charge is -2.21. The summed E-state index contributed by atoms with van der Waals surface area (Å²) in [6.45, 7) is 4.50. The number of hydrogen-bond acceptors (Lipinski definition) is 2. The number of aryl methyl sites for hydroxylation is 1. The molecular formula is C21H26FIN4O. The maximum Gasteiger partial charge on any atom is 0.246 e. The highest BCUT2D eigenvalue weighted by Crippen LogP contribution is 2.27. The number of rotatable bonds is 4. The molecule has 1 unspecified atom stereocenters. The van der Waals surface area contributed by atoms with Crippen LogP contribution in [-0.2, 0) is 11.2 Å². The Balaban J connectivity index is 0.00000280. The molecule has 150 valence electrons. The van der Waals surface area contributed by atoms with Gasteiger partial charge < -0.3 is 15.5 Å². The van der Waals surface area contributed by atoms with Crippen molar-refractivity contribution in [3.63, 3.8) is 0 Å². The van der Waals surface area contributed by atoms with E-state index in [1.54, 1.807) is 24.9 Å². The van der Waals surface area contributed by atoms with Crippen molar-refractivity contribution < 1.29 is 9.18 Å². The molecule has 1 amide bonds. The molecule has 0 bridgehead atoms. The average molecular weight is 496 g/mol. The van der Waals surface area contributed by atoms with Crippen LogP contribution in [0.3, 0.4) is 0 Å². The van der Waals surface area contributed by atoms with Crippen LogP contribution in [0.1, 0.15) is 29.7 Å². The maximum atomic E-state index is 13.8. The minimum atomic E-state index is -0.230. The van der Waals surface area contributed by atoms with E-state index < -0.39 is 0 Å². The van der Waals surface area contributed by atoms with Gasteiger partial charge in [-0.1, -0.05) is 30.3 Å². The summed E-state index contributed by atoms with van der Waals surface area (Å²) in [6, 6.07) is 13.0. The lowest BCUT2D eigenvalue weighted by Crippen LogP contribution is -2.45. The third-order valence-corrected chi connectivity index (χ3v) is 4.87. The Bertz CT molecular complexity index is 871.